The zero-order chi connectivity index (χ0) is 43.4. The number of H-pyrrole nitrogens is 1. The number of aromatic amines is 1. The number of halogens is 1. The van der Waals surface area contributed by atoms with Gasteiger partial charge in [-0.25, -0.2) is 19.3 Å². The Bertz CT molecular complexity index is 2580. The quantitative estimate of drug-likeness (QED) is 0.0658. The normalized spacial score (nSPS) is 23.5. The van der Waals surface area contributed by atoms with Crippen molar-refractivity contribution in [2.45, 2.75) is 69.7 Å². The maximum Gasteiger partial charge on any atom is 0.488 e. The Hall–Kier alpha value is -5.20. The zero-order valence-electron chi connectivity index (χ0n) is 32.8. The monoisotopic (exact) mass is 922 g/mol. The van der Waals surface area contributed by atoms with Gasteiger partial charge >= 0.3 is 15.0 Å². The largest absolute Gasteiger partial charge is 0.566 e. The van der Waals surface area contributed by atoms with Crippen LogP contribution in [0, 0.1) is 17.2 Å². The first kappa shape index (κ1) is 46.3. The van der Waals surface area contributed by atoms with E-state index in [-0.39, 0.29) is 59.7 Å². The number of aliphatic hydroxyl groups is 1. The number of nitrogens with zero attached hydrogens (tertiary/aromatic N) is 9. The first-order valence-electron chi connectivity index (χ1n) is 18.3. The van der Waals surface area contributed by atoms with Crippen LogP contribution in [0.3, 0.4) is 0 Å². The molecule has 7 rings (SSSR count). The number of nitriles is 1. The molecule has 2 unspecified atom stereocenters. The summed E-state index contributed by atoms with van der Waals surface area (Å²) in [5, 5.41) is 32.6. The molecule has 0 spiro atoms. The summed E-state index contributed by atoms with van der Waals surface area (Å²) in [5.74, 6) is -1.59. The predicted molar refractivity (Wildman–Crippen MR) is 213 cm³/mol. The minimum Gasteiger partial charge on any atom is -0.566 e. The zero-order valence-corrected chi connectivity index (χ0v) is 35.4. The van der Waals surface area contributed by atoms with Crippen LogP contribution >= 0.6 is 15.0 Å². The van der Waals surface area contributed by atoms with Crippen molar-refractivity contribution in [3.63, 3.8) is 0 Å². The van der Waals surface area contributed by atoms with E-state index in [4.69, 9.17) is 39.4 Å². The Labute approximate surface area is 355 Å². The number of imidazole rings is 1. The molecule has 2 amide bonds. The van der Waals surface area contributed by atoms with Crippen molar-refractivity contribution < 1.29 is 56.1 Å². The van der Waals surface area contributed by atoms with Crippen LogP contribution in [0.1, 0.15) is 49.5 Å². The van der Waals surface area contributed by atoms with Gasteiger partial charge in [0.25, 0.3) is 11.5 Å². The van der Waals surface area contributed by atoms with E-state index in [2.05, 4.69) is 45.9 Å². The summed E-state index contributed by atoms with van der Waals surface area (Å²) >= 11 is 5.66. The van der Waals surface area contributed by atoms with Gasteiger partial charge in [-0.15, -0.1) is 9.62 Å². The van der Waals surface area contributed by atoms with Crippen molar-refractivity contribution in [3.05, 3.63) is 58.9 Å². The van der Waals surface area contributed by atoms with Crippen molar-refractivity contribution in [3.8, 4) is 6.07 Å². The molecular weight excluding hydrogens is 883 g/mol. The molecule has 0 bridgehead atoms. The third kappa shape index (κ3) is 10.0. The van der Waals surface area contributed by atoms with E-state index in [1.54, 1.807) is 44.2 Å². The first-order valence-corrected chi connectivity index (χ1v) is 22.0. The van der Waals surface area contributed by atoms with E-state index in [9.17, 15) is 34.2 Å². The summed E-state index contributed by atoms with van der Waals surface area (Å²) in [6.45, 7) is -2.32. The van der Waals surface area contributed by atoms with Crippen LogP contribution in [-0.2, 0) is 48.7 Å². The molecule has 9 atom stereocenters. The SMILES string of the molecule is CC(C)C(=O)Nc1nc2c(ncn2[C@@H]2O[C@H](COP(=S)(OCCC#N)O[C@H]3[C@H](F)[C@H](n4nnc5c(NC(=O)c6ccccc6)ncnc54)O[C@@H]3CO)C[C@@H]2O[P+](=O)[O-])c(=O)[nH]1.[NH4+]. The summed E-state index contributed by atoms with van der Waals surface area (Å²) in [6.07, 6.45) is -8.25. The van der Waals surface area contributed by atoms with Crippen LogP contribution in [0.5, 0.6) is 0 Å². The third-order valence-electron chi connectivity index (χ3n) is 9.19. The fourth-order valence-electron chi connectivity index (χ4n) is 6.29. The van der Waals surface area contributed by atoms with E-state index in [1.807, 2.05) is 6.07 Å². The van der Waals surface area contributed by atoms with Crippen LogP contribution in [0.4, 0.5) is 16.2 Å². The van der Waals surface area contributed by atoms with Crippen LogP contribution in [-0.4, -0.2) is 112 Å². The molecule has 330 valence electrons. The van der Waals surface area contributed by atoms with Crippen molar-refractivity contribution in [2.24, 2.45) is 5.92 Å². The lowest BCUT2D eigenvalue weighted by Crippen LogP contribution is -2.34. The molecule has 0 saturated carbocycles. The lowest BCUT2D eigenvalue weighted by molar-refractivity contribution is -0.192. The van der Waals surface area contributed by atoms with Gasteiger partial charge in [-0.05, 0) is 28.5 Å². The molecule has 29 heteroatoms. The number of rotatable bonds is 17. The second-order valence-electron chi connectivity index (χ2n) is 13.6. The van der Waals surface area contributed by atoms with Crippen molar-refractivity contribution in [2.75, 3.05) is 30.5 Å². The Morgan fingerprint density at radius 2 is 1.94 bits per heavy atom. The molecule has 62 heavy (non-hydrogen) atoms. The highest BCUT2D eigenvalue weighted by Gasteiger charge is 2.51. The summed E-state index contributed by atoms with van der Waals surface area (Å²) in [6, 6.07) is 10.2. The average Bonchev–Trinajstić information content (AvgIpc) is 4.02. The number of hydrogen-bond donors (Lipinski definition) is 5. The summed E-state index contributed by atoms with van der Waals surface area (Å²) in [5.41, 5.74) is -0.614. The second kappa shape index (κ2) is 19.9. The highest BCUT2D eigenvalue weighted by molar-refractivity contribution is 8.07. The second-order valence-corrected chi connectivity index (χ2v) is 17.3. The van der Waals surface area contributed by atoms with Crippen molar-refractivity contribution in [1.29, 1.82) is 5.26 Å². The molecule has 1 aromatic carbocycles. The number of aromatic nitrogens is 9. The molecule has 5 aromatic rings. The standard InChI is InChI=1S/C33H35FN12O12P2S.H3N/c1-16(2)28(48)41-33-40-27-23(30(50)42-33)38-15-45(27)31-19(57-59(51)52)11-18(55-31)13-54-60(61,53-10-6-9-35)58-24-20(12-47)56-32(21(24)34)46-26-22(43-44-46)25(36-14-37-26)39-29(49)17-7-4-3-5-8-17;/h3-5,7-8,14-16,18-21,24,31-32,47H,6,10-13H2,1-2H3,(H,36,37,39,49)(H2,40,41,42,48,50);1H3/p+1/t18-,19-,20+,21-,24+,31+,32+,60?;/m0./s1. The van der Waals surface area contributed by atoms with E-state index in [1.165, 1.54) is 10.9 Å². The van der Waals surface area contributed by atoms with Gasteiger partial charge < -0.3 is 40.0 Å². The molecule has 4 aromatic heterocycles. The molecule has 0 radical (unpaired) electrons. The van der Waals surface area contributed by atoms with Gasteiger partial charge in [0.1, 0.15) is 18.5 Å². The number of fused-ring (bicyclic) bond motifs is 2. The lowest BCUT2D eigenvalue weighted by atomic mass is 10.1. The number of nitrogens with one attached hydrogen (secondary N) is 3. The Morgan fingerprint density at radius 1 is 1.16 bits per heavy atom. The number of alkyl halides is 1. The number of quaternary nitrogens is 1. The van der Waals surface area contributed by atoms with Gasteiger partial charge in [0.05, 0.1) is 44.7 Å². The Kier molecular flexibility index (Phi) is 14.9. The smallest absolute Gasteiger partial charge is 0.488 e. The number of amides is 2. The molecule has 25 nitrogen and oxygen atoms in total. The lowest BCUT2D eigenvalue weighted by Gasteiger charge is -2.28. The molecule has 2 fully saturated rings. The maximum atomic E-state index is 16.5. The minimum atomic E-state index is -4.07. The van der Waals surface area contributed by atoms with Gasteiger partial charge in [0, 0.05) is 17.9 Å². The van der Waals surface area contributed by atoms with E-state index in [0.717, 1.165) is 11.0 Å². The van der Waals surface area contributed by atoms with E-state index < -0.39 is 94.5 Å². The molecule has 2 aliphatic rings. The number of ether oxygens (including phenoxy) is 2. The average molecular weight is 923 g/mol. The fraction of sp³-hybridized carbons (Fsp3) is 0.455. The number of anilines is 2. The first-order chi connectivity index (χ1) is 29.3. The summed E-state index contributed by atoms with van der Waals surface area (Å²) in [7, 11) is -3.43. The van der Waals surface area contributed by atoms with E-state index >= 15 is 4.39 Å². The number of carbonyl (C=O) groups excluding carboxylic acids is 2. The molecule has 2 saturated heterocycles. The van der Waals surface area contributed by atoms with Crippen LogP contribution < -0.4 is 27.2 Å². The molecular formula is C33H39FN13O12P2S+. The summed E-state index contributed by atoms with van der Waals surface area (Å²) in [4.78, 5) is 68.8. The number of hydrogen-bond acceptors (Lipinski definition) is 20. The predicted octanol–water partition coefficient (Wildman–Crippen LogP) is 2.05. The highest BCUT2D eigenvalue weighted by Crippen LogP contribution is 2.55. The Balaban J connectivity index is 0.00000641. The van der Waals surface area contributed by atoms with Crippen LogP contribution in [0.25, 0.3) is 22.3 Å². The topological polar surface area (TPSA) is 354 Å². The number of aliphatic hydroxyl groups excluding tert-OH is 1. The van der Waals surface area contributed by atoms with Crippen molar-refractivity contribution >= 4 is 72.7 Å². The van der Waals surface area contributed by atoms with Gasteiger partial charge in [-0.2, -0.15) is 14.9 Å². The van der Waals surface area contributed by atoms with Gasteiger partial charge in [0.15, 0.2) is 52.9 Å². The Morgan fingerprint density at radius 3 is 2.65 bits per heavy atom. The van der Waals surface area contributed by atoms with Gasteiger partial charge in [0.2, 0.25) is 11.9 Å². The van der Waals surface area contributed by atoms with E-state index in [0.29, 0.717) is 5.56 Å². The molecule has 0 aliphatic carbocycles. The molecule has 8 N–H and O–H groups in total. The van der Waals surface area contributed by atoms with Crippen LogP contribution in [0.15, 0.2) is 47.8 Å². The summed E-state index contributed by atoms with van der Waals surface area (Å²) < 4.78 is 65.3. The number of benzene rings is 1. The number of carbonyl (C=O) groups is 2. The molecule has 6 heterocycles. The molecule has 2 aliphatic heterocycles. The minimum absolute atomic E-state index is 0. The van der Waals surface area contributed by atoms with Gasteiger partial charge in [-0.3, -0.25) is 33.8 Å². The van der Waals surface area contributed by atoms with Crippen molar-refractivity contribution in [1.82, 2.24) is 50.6 Å². The highest BCUT2D eigenvalue weighted by atomic mass is 32.5. The van der Waals surface area contributed by atoms with Crippen LogP contribution in [0.2, 0.25) is 0 Å². The third-order valence-corrected chi connectivity index (χ3v) is 12.0. The fourth-order valence-corrected chi connectivity index (χ4v) is 8.82. The maximum absolute atomic E-state index is 16.5. The van der Waals surface area contributed by atoms with Gasteiger partial charge in [-0.1, -0.05) is 37.3 Å².